The van der Waals surface area contributed by atoms with Gasteiger partial charge in [-0.1, -0.05) is 18.2 Å². The maximum atomic E-state index is 12.1. The van der Waals surface area contributed by atoms with Gasteiger partial charge in [0.2, 0.25) is 0 Å². The molecule has 0 fully saturated rings. The summed E-state index contributed by atoms with van der Waals surface area (Å²) in [5.74, 6) is -0.798. The molecule has 0 amide bonds. The van der Waals surface area contributed by atoms with Crippen molar-refractivity contribution in [2.45, 2.75) is 18.7 Å². The van der Waals surface area contributed by atoms with E-state index in [0.29, 0.717) is 0 Å². The van der Waals surface area contributed by atoms with Crippen molar-refractivity contribution in [1.82, 2.24) is 0 Å². The Morgan fingerprint density at radius 1 is 1.24 bits per heavy atom. The van der Waals surface area contributed by atoms with Crippen molar-refractivity contribution in [3.63, 3.8) is 0 Å². The molecule has 5 heteroatoms. The van der Waals surface area contributed by atoms with Crippen LogP contribution in [-0.2, 0) is 19.4 Å². The van der Waals surface area contributed by atoms with Crippen molar-refractivity contribution in [2.75, 3.05) is 12.9 Å². The highest BCUT2D eigenvalue weighted by Gasteiger charge is 2.35. The summed E-state index contributed by atoms with van der Waals surface area (Å²) in [6.45, 7) is 3.11. The fourth-order valence-electron chi connectivity index (χ4n) is 1.52. The summed E-state index contributed by atoms with van der Waals surface area (Å²) in [4.78, 5) is 11.7. The minimum Gasteiger partial charge on any atom is -0.469 e. The smallest absolute Gasteiger partial charge is 0.312 e. The Kier molecular flexibility index (Phi) is 3.93. The molecule has 0 spiro atoms. The lowest BCUT2D eigenvalue weighted by Crippen LogP contribution is -2.33. The van der Waals surface area contributed by atoms with Crippen LogP contribution >= 0.6 is 0 Å². The average Bonchev–Trinajstić information content (AvgIpc) is 2.27. The number of rotatable bonds is 4. The van der Waals surface area contributed by atoms with Gasteiger partial charge in [0.05, 0.1) is 23.2 Å². The fourth-order valence-corrected chi connectivity index (χ4v) is 3.33. The molecule has 17 heavy (non-hydrogen) atoms. The van der Waals surface area contributed by atoms with Crippen LogP contribution in [0.15, 0.2) is 35.2 Å². The van der Waals surface area contributed by atoms with E-state index >= 15 is 0 Å². The molecule has 1 rings (SSSR count). The lowest BCUT2D eigenvalue weighted by molar-refractivity contribution is -0.149. The first-order valence-corrected chi connectivity index (χ1v) is 6.81. The van der Waals surface area contributed by atoms with Gasteiger partial charge in [-0.2, -0.15) is 0 Å². The van der Waals surface area contributed by atoms with Gasteiger partial charge in [0.25, 0.3) is 0 Å². The monoisotopic (exact) mass is 256 g/mol. The Hall–Kier alpha value is -1.36. The predicted octanol–water partition coefficient (Wildman–Crippen LogP) is 1.66. The van der Waals surface area contributed by atoms with E-state index in [4.69, 9.17) is 0 Å². The number of benzene rings is 1. The second-order valence-corrected chi connectivity index (χ2v) is 6.44. The zero-order chi connectivity index (χ0) is 13.1. The number of carbonyl (C=O) groups is 1. The second kappa shape index (κ2) is 4.87. The Balaban J connectivity index is 3.00. The number of hydrogen-bond donors (Lipinski definition) is 0. The van der Waals surface area contributed by atoms with E-state index in [1.54, 1.807) is 32.0 Å². The van der Waals surface area contributed by atoms with Gasteiger partial charge in [0, 0.05) is 0 Å². The number of carbonyl (C=O) groups excluding carboxylic acids is 1. The van der Waals surface area contributed by atoms with Crippen molar-refractivity contribution < 1.29 is 17.9 Å². The van der Waals surface area contributed by atoms with Crippen LogP contribution < -0.4 is 0 Å². The zero-order valence-corrected chi connectivity index (χ0v) is 11.0. The van der Waals surface area contributed by atoms with E-state index in [2.05, 4.69) is 4.74 Å². The van der Waals surface area contributed by atoms with Gasteiger partial charge in [0.1, 0.15) is 0 Å². The second-order valence-electron chi connectivity index (χ2n) is 4.45. The molecule has 0 aliphatic heterocycles. The van der Waals surface area contributed by atoms with E-state index < -0.39 is 21.2 Å². The van der Waals surface area contributed by atoms with Crippen molar-refractivity contribution in [3.05, 3.63) is 30.3 Å². The van der Waals surface area contributed by atoms with Gasteiger partial charge < -0.3 is 4.74 Å². The molecule has 0 atom stereocenters. The molecule has 0 unspecified atom stereocenters. The van der Waals surface area contributed by atoms with Crippen LogP contribution in [0.3, 0.4) is 0 Å². The normalized spacial score (nSPS) is 12.2. The number of hydrogen-bond acceptors (Lipinski definition) is 4. The number of ether oxygens (including phenoxy) is 1. The van der Waals surface area contributed by atoms with Crippen LogP contribution in [0.5, 0.6) is 0 Å². The average molecular weight is 256 g/mol. The molecule has 1 aromatic rings. The zero-order valence-electron chi connectivity index (χ0n) is 10.1. The van der Waals surface area contributed by atoms with Gasteiger partial charge in [-0.3, -0.25) is 4.79 Å². The Morgan fingerprint density at radius 3 is 2.24 bits per heavy atom. The van der Waals surface area contributed by atoms with Crippen molar-refractivity contribution in [1.29, 1.82) is 0 Å². The van der Waals surface area contributed by atoms with Crippen LogP contribution in [0.25, 0.3) is 0 Å². The maximum absolute atomic E-state index is 12.1. The summed E-state index contributed by atoms with van der Waals surface area (Å²) in [6, 6.07) is 8.08. The molecule has 0 saturated carbocycles. The fraction of sp³-hybridized carbons (Fsp3) is 0.417. The molecule has 0 aliphatic rings. The van der Waals surface area contributed by atoms with Crippen LogP contribution in [0.4, 0.5) is 0 Å². The molecule has 4 nitrogen and oxygen atoms in total. The van der Waals surface area contributed by atoms with Gasteiger partial charge in [-0.25, -0.2) is 8.42 Å². The molecular weight excluding hydrogens is 240 g/mol. The Morgan fingerprint density at radius 2 is 1.76 bits per heavy atom. The summed E-state index contributed by atoms with van der Waals surface area (Å²) in [7, 11) is -2.22. The first-order chi connectivity index (χ1) is 7.79. The van der Waals surface area contributed by atoms with Crippen LogP contribution in [0.1, 0.15) is 13.8 Å². The number of methoxy groups -OCH3 is 1. The van der Waals surface area contributed by atoms with E-state index in [-0.39, 0.29) is 10.6 Å². The standard InChI is InChI=1S/C12H16O4S/c1-12(2,11(13)16-3)9-17(14,15)10-7-5-4-6-8-10/h4-8H,9H2,1-3H3. The molecule has 0 radical (unpaired) electrons. The minimum atomic E-state index is -3.47. The molecular formula is C12H16O4S. The van der Waals surface area contributed by atoms with Gasteiger partial charge in [0.15, 0.2) is 9.84 Å². The third kappa shape index (κ3) is 3.30. The van der Waals surface area contributed by atoms with Crippen LogP contribution in [0, 0.1) is 5.41 Å². The maximum Gasteiger partial charge on any atom is 0.312 e. The van der Waals surface area contributed by atoms with Crippen molar-refractivity contribution in [3.8, 4) is 0 Å². The van der Waals surface area contributed by atoms with E-state index in [9.17, 15) is 13.2 Å². The highest BCUT2D eigenvalue weighted by Crippen LogP contribution is 2.23. The van der Waals surface area contributed by atoms with Crippen LogP contribution in [0.2, 0.25) is 0 Å². The quantitative estimate of drug-likeness (QED) is 0.769. The Bertz CT molecular complexity index is 488. The van der Waals surface area contributed by atoms with E-state index in [1.807, 2.05) is 0 Å². The summed E-state index contributed by atoms with van der Waals surface area (Å²) < 4.78 is 28.7. The molecule has 0 aliphatic carbocycles. The summed E-state index contributed by atoms with van der Waals surface area (Å²) in [5.41, 5.74) is -1.05. The third-order valence-electron chi connectivity index (χ3n) is 2.39. The number of sulfone groups is 1. The third-order valence-corrected chi connectivity index (χ3v) is 4.48. The minimum absolute atomic E-state index is 0.219. The lowest BCUT2D eigenvalue weighted by Gasteiger charge is -2.21. The van der Waals surface area contributed by atoms with E-state index in [1.165, 1.54) is 19.2 Å². The first kappa shape index (κ1) is 13.7. The first-order valence-electron chi connectivity index (χ1n) is 5.16. The molecule has 0 saturated heterocycles. The molecule has 1 aromatic carbocycles. The molecule has 0 heterocycles. The van der Waals surface area contributed by atoms with Gasteiger partial charge in [-0.05, 0) is 26.0 Å². The van der Waals surface area contributed by atoms with Crippen LogP contribution in [-0.4, -0.2) is 27.2 Å². The lowest BCUT2D eigenvalue weighted by atomic mass is 9.97. The molecule has 0 aromatic heterocycles. The topological polar surface area (TPSA) is 60.4 Å². The van der Waals surface area contributed by atoms with Gasteiger partial charge >= 0.3 is 5.97 Å². The van der Waals surface area contributed by atoms with Crippen molar-refractivity contribution >= 4 is 15.8 Å². The largest absolute Gasteiger partial charge is 0.469 e. The van der Waals surface area contributed by atoms with E-state index in [0.717, 1.165) is 0 Å². The molecule has 94 valence electrons. The Labute approximate surface area is 102 Å². The molecule has 0 N–H and O–H groups in total. The summed E-state index contributed by atoms with van der Waals surface area (Å²) in [6.07, 6.45) is 0. The summed E-state index contributed by atoms with van der Waals surface area (Å²) >= 11 is 0. The summed E-state index contributed by atoms with van der Waals surface area (Å²) in [5, 5.41) is 0. The highest BCUT2D eigenvalue weighted by molar-refractivity contribution is 7.91. The SMILES string of the molecule is COC(=O)C(C)(C)CS(=O)(=O)c1ccccc1. The molecule has 0 bridgehead atoms. The van der Waals surface area contributed by atoms with Gasteiger partial charge in [-0.15, -0.1) is 0 Å². The highest BCUT2D eigenvalue weighted by atomic mass is 32.2. The number of esters is 1. The predicted molar refractivity (Wildman–Crippen MR) is 64.3 cm³/mol. The van der Waals surface area contributed by atoms with Crippen molar-refractivity contribution in [2.24, 2.45) is 5.41 Å².